The molecule has 0 spiro atoms. The number of allylic oxidation sites excluding steroid dienone is 3. The first-order valence-corrected chi connectivity index (χ1v) is 11.4. The minimum atomic E-state index is -1.22. The Labute approximate surface area is 176 Å². The smallest absolute Gasteiger partial charge is 0.306 e. The van der Waals surface area contributed by atoms with E-state index < -0.39 is 12.3 Å². The van der Waals surface area contributed by atoms with E-state index in [2.05, 4.69) is 19.1 Å². The van der Waals surface area contributed by atoms with Crippen LogP contribution >= 0.6 is 0 Å². The zero-order valence-corrected chi connectivity index (χ0v) is 18.4. The number of hydrogen-bond acceptors (Lipinski definition) is 4. The van der Waals surface area contributed by atoms with Gasteiger partial charge in [-0.05, 0) is 64.2 Å². The zero-order chi connectivity index (χ0) is 21.6. The van der Waals surface area contributed by atoms with Gasteiger partial charge in [0.25, 0.3) is 0 Å². The van der Waals surface area contributed by atoms with Gasteiger partial charge in [0.1, 0.15) is 12.3 Å². The van der Waals surface area contributed by atoms with Gasteiger partial charge in [-0.3, -0.25) is 4.79 Å². The maximum Gasteiger partial charge on any atom is 0.306 e. The fourth-order valence-corrected chi connectivity index (χ4v) is 3.84. The second-order valence-corrected chi connectivity index (χ2v) is 8.50. The molecule has 5 atom stereocenters. The molecule has 0 amide bonds. The molecule has 0 aromatic rings. The summed E-state index contributed by atoms with van der Waals surface area (Å²) in [6, 6.07) is 0. The van der Waals surface area contributed by atoms with Gasteiger partial charge in [-0.25, -0.2) is 4.39 Å². The Balaban J connectivity index is 2.37. The van der Waals surface area contributed by atoms with Crippen LogP contribution < -0.4 is 0 Å². The second kappa shape index (κ2) is 14.7. The Bertz CT molecular complexity index is 503. The number of carbonyl (C=O) groups is 1. The molecule has 0 saturated heterocycles. The van der Waals surface area contributed by atoms with Crippen molar-refractivity contribution < 1.29 is 24.1 Å². The molecule has 0 aromatic carbocycles. The summed E-state index contributed by atoms with van der Waals surface area (Å²) in [5.74, 6) is 0.0937. The van der Waals surface area contributed by atoms with Crippen LogP contribution in [0.3, 0.4) is 0 Å². The van der Waals surface area contributed by atoms with Crippen molar-refractivity contribution >= 4 is 5.97 Å². The van der Waals surface area contributed by atoms with Gasteiger partial charge in [-0.15, -0.1) is 0 Å². The molecule has 0 aromatic heterocycles. The largest absolute Gasteiger partial charge is 0.463 e. The Kier molecular flexibility index (Phi) is 13.1. The van der Waals surface area contributed by atoms with Gasteiger partial charge < -0.3 is 14.9 Å². The van der Waals surface area contributed by atoms with Gasteiger partial charge >= 0.3 is 5.97 Å². The summed E-state index contributed by atoms with van der Waals surface area (Å²) in [6.07, 6.45) is 12.4. The van der Waals surface area contributed by atoms with E-state index in [1.165, 1.54) is 0 Å². The van der Waals surface area contributed by atoms with Gasteiger partial charge in [0.15, 0.2) is 0 Å². The molecule has 0 heterocycles. The molecule has 4 nitrogen and oxygen atoms in total. The van der Waals surface area contributed by atoms with Crippen molar-refractivity contribution in [1.82, 2.24) is 0 Å². The number of rotatable bonds is 14. The molecule has 0 bridgehead atoms. The van der Waals surface area contributed by atoms with E-state index in [1.54, 1.807) is 6.08 Å². The molecule has 5 heteroatoms. The summed E-state index contributed by atoms with van der Waals surface area (Å²) in [6.45, 7) is 5.76. The van der Waals surface area contributed by atoms with Gasteiger partial charge in [0.05, 0.1) is 12.2 Å². The lowest BCUT2D eigenvalue weighted by Gasteiger charge is -2.19. The number of hydrogen-bond donors (Lipinski definition) is 2. The minimum absolute atomic E-state index is 0.0746. The molecule has 1 rings (SSSR count). The molecule has 1 saturated carbocycles. The lowest BCUT2D eigenvalue weighted by Crippen LogP contribution is -2.21. The Morgan fingerprint density at radius 1 is 1.21 bits per heavy atom. The average Bonchev–Trinajstić information content (AvgIpc) is 3.01. The van der Waals surface area contributed by atoms with E-state index in [1.807, 2.05) is 19.9 Å². The maximum atomic E-state index is 14.0. The van der Waals surface area contributed by atoms with Crippen molar-refractivity contribution in [2.75, 3.05) is 0 Å². The van der Waals surface area contributed by atoms with E-state index in [9.17, 15) is 19.4 Å². The van der Waals surface area contributed by atoms with E-state index in [0.29, 0.717) is 12.8 Å². The van der Waals surface area contributed by atoms with Crippen molar-refractivity contribution in [1.29, 1.82) is 0 Å². The SMILES string of the molecule is CCCCCC(F)[C@H](O)/C=C/[C@H]1CC[C@H](O)[C@@H]1C/C=C/CCCC(=O)OC(C)C. The van der Waals surface area contributed by atoms with E-state index in [4.69, 9.17) is 4.74 Å². The number of halogens is 1. The highest BCUT2D eigenvalue weighted by molar-refractivity contribution is 5.69. The van der Waals surface area contributed by atoms with E-state index in [-0.39, 0.29) is 30.0 Å². The molecular weight excluding hydrogens is 371 g/mol. The van der Waals surface area contributed by atoms with Crippen LogP contribution in [0.2, 0.25) is 0 Å². The fraction of sp³-hybridized carbons (Fsp3) is 0.792. The summed E-state index contributed by atoms with van der Waals surface area (Å²) >= 11 is 0. The van der Waals surface area contributed by atoms with E-state index in [0.717, 1.165) is 51.4 Å². The van der Waals surface area contributed by atoms with Crippen LogP contribution in [-0.2, 0) is 9.53 Å². The van der Waals surface area contributed by atoms with Crippen molar-refractivity contribution in [3.63, 3.8) is 0 Å². The third-order valence-corrected chi connectivity index (χ3v) is 5.54. The zero-order valence-electron chi connectivity index (χ0n) is 18.4. The Hall–Kier alpha value is -1.20. The Morgan fingerprint density at radius 3 is 2.66 bits per heavy atom. The predicted octanol–water partition coefficient (Wildman–Crippen LogP) is 5.28. The molecule has 2 N–H and O–H groups in total. The third-order valence-electron chi connectivity index (χ3n) is 5.54. The lowest BCUT2D eigenvalue weighted by atomic mass is 9.90. The number of ether oxygens (including phenoxy) is 1. The summed E-state index contributed by atoms with van der Waals surface area (Å²) in [4.78, 5) is 11.5. The molecule has 0 radical (unpaired) electrons. The number of aliphatic hydroxyl groups excluding tert-OH is 2. The van der Waals surface area contributed by atoms with Crippen molar-refractivity contribution in [2.24, 2.45) is 11.8 Å². The maximum absolute atomic E-state index is 14.0. The molecule has 168 valence electrons. The molecule has 1 aliphatic carbocycles. The monoisotopic (exact) mass is 412 g/mol. The fourth-order valence-electron chi connectivity index (χ4n) is 3.84. The van der Waals surface area contributed by atoms with Crippen molar-refractivity contribution in [3.05, 3.63) is 24.3 Å². The first-order chi connectivity index (χ1) is 13.8. The van der Waals surface area contributed by atoms with Crippen LogP contribution in [0.4, 0.5) is 4.39 Å². The van der Waals surface area contributed by atoms with Crippen LogP contribution in [0.5, 0.6) is 0 Å². The summed E-state index contributed by atoms with van der Waals surface area (Å²) < 4.78 is 19.1. The van der Waals surface area contributed by atoms with Gasteiger partial charge in [-0.2, -0.15) is 0 Å². The second-order valence-electron chi connectivity index (χ2n) is 8.50. The quantitative estimate of drug-likeness (QED) is 0.231. The molecule has 1 unspecified atom stereocenters. The predicted molar refractivity (Wildman–Crippen MR) is 115 cm³/mol. The number of alkyl halides is 1. The summed E-state index contributed by atoms with van der Waals surface area (Å²) in [5, 5.41) is 20.3. The van der Waals surface area contributed by atoms with Crippen LogP contribution in [0.1, 0.15) is 85.0 Å². The third kappa shape index (κ3) is 10.9. The summed E-state index contributed by atoms with van der Waals surface area (Å²) in [7, 11) is 0. The topological polar surface area (TPSA) is 66.8 Å². The molecule has 0 aliphatic heterocycles. The molecule has 1 fully saturated rings. The van der Waals surface area contributed by atoms with Crippen LogP contribution in [0, 0.1) is 11.8 Å². The highest BCUT2D eigenvalue weighted by Gasteiger charge is 2.32. The number of aliphatic hydroxyl groups is 2. The van der Waals surface area contributed by atoms with Crippen LogP contribution in [0.25, 0.3) is 0 Å². The standard InChI is InChI=1S/C24H41FO4/c1-4-5-8-12-21(25)23(27)17-15-19-14-16-22(26)20(19)11-9-6-7-10-13-24(28)29-18(2)3/h6,9,15,17-23,26-27H,4-5,7-8,10-14,16H2,1-3H3/b9-6+,17-15+/t19-,20-,21?,22+,23-/m1/s1. The number of unbranched alkanes of at least 4 members (excludes halogenated alkanes) is 3. The highest BCUT2D eigenvalue weighted by Crippen LogP contribution is 2.36. The molecule has 1 aliphatic rings. The van der Waals surface area contributed by atoms with Crippen molar-refractivity contribution in [3.8, 4) is 0 Å². The van der Waals surface area contributed by atoms with Crippen molar-refractivity contribution in [2.45, 2.75) is 109 Å². The van der Waals surface area contributed by atoms with Gasteiger partial charge in [-0.1, -0.05) is 50.5 Å². The van der Waals surface area contributed by atoms with E-state index >= 15 is 0 Å². The first kappa shape index (κ1) is 25.8. The minimum Gasteiger partial charge on any atom is -0.463 e. The van der Waals surface area contributed by atoms with Gasteiger partial charge in [0.2, 0.25) is 0 Å². The molecular formula is C24H41FO4. The highest BCUT2D eigenvalue weighted by atomic mass is 19.1. The summed E-state index contributed by atoms with van der Waals surface area (Å²) in [5.41, 5.74) is 0. The number of carbonyl (C=O) groups excluding carboxylic acids is 1. The van der Waals surface area contributed by atoms with Crippen LogP contribution in [0.15, 0.2) is 24.3 Å². The molecule has 29 heavy (non-hydrogen) atoms. The van der Waals surface area contributed by atoms with Gasteiger partial charge in [0, 0.05) is 6.42 Å². The Morgan fingerprint density at radius 2 is 1.97 bits per heavy atom. The average molecular weight is 413 g/mol. The first-order valence-electron chi connectivity index (χ1n) is 11.4. The van der Waals surface area contributed by atoms with Crippen LogP contribution in [-0.4, -0.2) is 40.7 Å². The lowest BCUT2D eigenvalue weighted by molar-refractivity contribution is -0.147. The number of esters is 1. The normalized spacial score (nSPS) is 24.6.